The molecular formula is C21H35NaO7S. The second kappa shape index (κ2) is 19.5. The molecule has 0 aromatic heterocycles. The van der Waals surface area contributed by atoms with E-state index in [0.717, 1.165) is 12.2 Å². The molecule has 9 heteroatoms. The van der Waals surface area contributed by atoms with Crippen LogP contribution in [-0.2, 0) is 30.5 Å². The third-order valence-electron chi connectivity index (χ3n) is 4.32. The van der Waals surface area contributed by atoms with Gasteiger partial charge in [-0.2, -0.15) is 0 Å². The molecule has 30 heavy (non-hydrogen) atoms. The fourth-order valence-corrected chi connectivity index (χ4v) is 3.05. The number of aryl methyl sites for hydroxylation is 1. The quantitative estimate of drug-likeness (QED) is 0.133. The predicted octanol–water partition coefficient (Wildman–Crippen LogP) is 0.873. The molecule has 0 saturated heterocycles. The summed E-state index contributed by atoms with van der Waals surface area (Å²) in [5, 5.41) is 0. The Morgan fingerprint density at radius 3 is 1.90 bits per heavy atom. The molecule has 0 unspecified atom stereocenters. The first-order valence-corrected chi connectivity index (χ1v) is 11.8. The van der Waals surface area contributed by atoms with Gasteiger partial charge in [-0.15, -0.1) is 0 Å². The molecule has 0 aliphatic rings. The molecule has 0 heterocycles. The fraction of sp³-hybridized carbons (Fsp3) is 0.714. The normalized spacial score (nSPS) is 11.3. The molecule has 0 radical (unpaired) electrons. The Balaban J connectivity index is 0.00000841. The summed E-state index contributed by atoms with van der Waals surface area (Å²) in [6, 6.07) is 8.21. The van der Waals surface area contributed by atoms with Gasteiger partial charge in [0.15, 0.2) is 0 Å². The largest absolute Gasteiger partial charge is 1.00 e. The summed E-state index contributed by atoms with van der Waals surface area (Å²) in [5.41, 5.74) is 1.34. The van der Waals surface area contributed by atoms with E-state index in [9.17, 15) is 13.0 Å². The van der Waals surface area contributed by atoms with E-state index in [1.165, 1.54) is 50.5 Å². The number of ether oxygens (including phenoxy) is 3. The summed E-state index contributed by atoms with van der Waals surface area (Å²) < 4.78 is 50.7. The Kier molecular flexibility index (Phi) is 19.4. The van der Waals surface area contributed by atoms with Crippen LogP contribution in [0.2, 0.25) is 0 Å². The van der Waals surface area contributed by atoms with Crippen LogP contribution < -0.4 is 34.3 Å². The van der Waals surface area contributed by atoms with Crippen molar-refractivity contribution in [3.63, 3.8) is 0 Å². The Bertz CT molecular complexity index is 608. The van der Waals surface area contributed by atoms with Crippen molar-refractivity contribution in [1.82, 2.24) is 0 Å². The van der Waals surface area contributed by atoms with E-state index < -0.39 is 10.4 Å². The number of benzene rings is 1. The van der Waals surface area contributed by atoms with E-state index in [1.54, 1.807) is 0 Å². The standard InChI is InChI=1S/C21H36O7S.Na/c1-2-3-4-5-6-7-8-9-20-10-12-21(13-11-20)27-18-16-25-14-15-26-17-19-28-29(22,23)24;/h10-13H,2-9,14-19H2,1H3,(H,22,23,24);/q;+1/p-1. The number of rotatable bonds is 19. The van der Waals surface area contributed by atoms with E-state index >= 15 is 0 Å². The van der Waals surface area contributed by atoms with Crippen LogP contribution in [0.5, 0.6) is 5.75 Å². The Morgan fingerprint density at radius 1 is 0.767 bits per heavy atom. The van der Waals surface area contributed by atoms with Gasteiger partial charge in [0.25, 0.3) is 0 Å². The van der Waals surface area contributed by atoms with Gasteiger partial charge in [-0.05, 0) is 30.5 Å². The van der Waals surface area contributed by atoms with Gasteiger partial charge in [-0.1, -0.05) is 57.6 Å². The van der Waals surface area contributed by atoms with Crippen LogP contribution in [0.1, 0.15) is 57.4 Å². The van der Waals surface area contributed by atoms with Crippen molar-refractivity contribution in [3.05, 3.63) is 29.8 Å². The molecule has 168 valence electrons. The first-order chi connectivity index (χ1) is 14.0. The smallest absolute Gasteiger partial charge is 0.726 e. The van der Waals surface area contributed by atoms with Crippen LogP contribution in [0.25, 0.3) is 0 Å². The Hall–Kier alpha value is -0.190. The summed E-state index contributed by atoms with van der Waals surface area (Å²) in [4.78, 5) is 0. The van der Waals surface area contributed by atoms with Crippen LogP contribution in [0.4, 0.5) is 0 Å². The van der Waals surface area contributed by atoms with Gasteiger partial charge in [-0.3, -0.25) is 4.18 Å². The predicted molar refractivity (Wildman–Crippen MR) is 111 cm³/mol. The summed E-state index contributed by atoms with van der Waals surface area (Å²) in [6.07, 6.45) is 10.4. The zero-order chi connectivity index (χ0) is 21.2. The van der Waals surface area contributed by atoms with Gasteiger partial charge in [0.2, 0.25) is 10.4 Å². The van der Waals surface area contributed by atoms with Gasteiger partial charge in [0, 0.05) is 0 Å². The summed E-state index contributed by atoms with van der Waals surface area (Å²) >= 11 is 0. The molecule has 0 N–H and O–H groups in total. The maximum absolute atomic E-state index is 10.2. The second-order valence-electron chi connectivity index (χ2n) is 6.82. The van der Waals surface area contributed by atoms with Crippen LogP contribution >= 0.6 is 0 Å². The minimum Gasteiger partial charge on any atom is -0.726 e. The molecular weight excluding hydrogens is 419 g/mol. The summed E-state index contributed by atoms with van der Waals surface area (Å²) in [6.45, 7) is 3.48. The Labute approximate surface area is 204 Å². The molecule has 0 saturated carbocycles. The zero-order valence-corrected chi connectivity index (χ0v) is 21.3. The molecule has 0 spiro atoms. The van der Waals surface area contributed by atoms with Crippen molar-refractivity contribution in [2.24, 2.45) is 0 Å². The third kappa shape index (κ3) is 18.6. The average Bonchev–Trinajstić information content (AvgIpc) is 2.69. The molecule has 0 fully saturated rings. The van der Waals surface area contributed by atoms with Gasteiger partial charge in [0.05, 0.1) is 33.0 Å². The van der Waals surface area contributed by atoms with Gasteiger partial charge < -0.3 is 18.8 Å². The minimum atomic E-state index is -4.65. The topological polar surface area (TPSA) is 94.1 Å². The molecule has 0 bridgehead atoms. The van der Waals surface area contributed by atoms with E-state index in [2.05, 4.69) is 23.2 Å². The monoisotopic (exact) mass is 454 g/mol. The second-order valence-corrected chi connectivity index (χ2v) is 7.87. The fourth-order valence-electron chi connectivity index (χ4n) is 2.77. The maximum Gasteiger partial charge on any atom is 1.00 e. The van der Waals surface area contributed by atoms with Crippen LogP contribution in [0.15, 0.2) is 24.3 Å². The number of hydrogen-bond donors (Lipinski definition) is 0. The SMILES string of the molecule is CCCCCCCCCc1ccc(OCCOCCOCCOS(=O)(=O)[O-])cc1.[Na+]. The van der Waals surface area contributed by atoms with Crippen LogP contribution in [0, 0.1) is 0 Å². The van der Waals surface area contributed by atoms with Gasteiger partial charge in [0.1, 0.15) is 12.4 Å². The van der Waals surface area contributed by atoms with Crippen molar-refractivity contribution < 1.29 is 60.9 Å². The van der Waals surface area contributed by atoms with Crippen molar-refractivity contribution in [2.75, 3.05) is 39.6 Å². The first kappa shape index (κ1) is 29.8. The number of hydrogen-bond acceptors (Lipinski definition) is 7. The number of unbranched alkanes of at least 4 members (excludes halogenated alkanes) is 6. The molecule has 1 aromatic carbocycles. The average molecular weight is 455 g/mol. The van der Waals surface area contributed by atoms with E-state index in [-0.39, 0.29) is 49.4 Å². The van der Waals surface area contributed by atoms with Crippen molar-refractivity contribution >= 4 is 10.4 Å². The zero-order valence-electron chi connectivity index (χ0n) is 18.5. The Morgan fingerprint density at radius 2 is 1.30 bits per heavy atom. The molecule has 1 rings (SSSR count). The van der Waals surface area contributed by atoms with Crippen LogP contribution in [-0.4, -0.2) is 52.6 Å². The molecule has 0 atom stereocenters. The van der Waals surface area contributed by atoms with Crippen molar-refractivity contribution in [1.29, 1.82) is 0 Å². The van der Waals surface area contributed by atoms with E-state index in [1.807, 2.05) is 12.1 Å². The molecule has 0 aliphatic carbocycles. The van der Waals surface area contributed by atoms with Gasteiger partial charge in [-0.25, -0.2) is 8.42 Å². The molecule has 0 amide bonds. The van der Waals surface area contributed by atoms with Crippen molar-refractivity contribution in [2.45, 2.75) is 58.3 Å². The minimum absolute atomic E-state index is 0. The van der Waals surface area contributed by atoms with Crippen LogP contribution in [0.3, 0.4) is 0 Å². The summed E-state index contributed by atoms with van der Waals surface area (Å²) in [5.74, 6) is 0.823. The summed E-state index contributed by atoms with van der Waals surface area (Å²) in [7, 11) is -4.65. The third-order valence-corrected chi connectivity index (χ3v) is 4.77. The van der Waals surface area contributed by atoms with E-state index in [0.29, 0.717) is 19.8 Å². The maximum atomic E-state index is 10.2. The molecule has 0 aliphatic heterocycles. The first-order valence-electron chi connectivity index (χ1n) is 10.5. The van der Waals surface area contributed by atoms with Crippen molar-refractivity contribution in [3.8, 4) is 5.75 Å². The molecule has 7 nitrogen and oxygen atoms in total. The molecule has 1 aromatic rings. The van der Waals surface area contributed by atoms with E-state index in [4.69, 9.17) is 14.2 Å². The van der Waals surface area contributed by atoms with Gasteiger partial charge >= 0.3 is 29.6 Å².